The summed E-state index contributed by atoms with van der Waals surface area (Å²) >= 11 is 0. The van der Waals surface area contributed by atoms with Crippen LogP contribution in [0.5, 0.6) is 0 Å². The lowest BCUT2D eigenvalue weighted by atomic mass is 9.93. The summed E-state index contributed by atoms with van der Waals surface area (Å²) in [5.41, 5.74) is -0.505. The number of anilines is 1. The van der Waals surface area contributed by atoms with Gasteiger partial charge in [-0.1, -0.05) is 6.07 Å². The van der Waals surface area contributed by atoms with Gasteiger partial charge in [0.2, 0.25) is 0 Å². The van der Waals surface area contributed by atoms with Crippen molar-refractivity contribution in [2.24, 2.45) is 11.1 Å². The zero-order chi connectivity index (χ0) is 18.8. The van der Waals surface area contributed by atoms with Crippen molar-refractivity contribution < 1.29 is 22.7 Å². The lowest BCUT2D eigenvalue weighted by Crippen LogP contribution is -2.41. The summed E-state index contributed by atoms with van der Waals surface area (Å²) < 4.78 is 36.8. The van der Waals surface area contributed by atoms with E-state index in [-0.39, 0.29) is 29.7 Å². The second-order valence-corrected chi connectivity index (χ2v) is 8.40. The Bertz CT molecular complexity index is 741. The lowest BCUT2D eigenvalue weighted by Gasteiger charge is -2.28. The van der Waals surface area contributed by atoms with Gasteiger partial charge in [0.25, 0.3) is 10.0 Å². The highest BCUT2D eigenvalue weighted by molar-refractivity contribution is 7.89. The number of likely N-dealkylation sites (tertiary alicyclic amines) is 1. The van der Waals surface area contributed by atoms with Gasteiger partial charge in [0.05, 0.1) is 0 Å². The zero-order valence-electron chi connectivity index (χ0n) is 14.1. The van der Waals surface area contributed by atoms with Crippen LogP contribution in [0.25, 0.3) is 0 Å². The van der Waals surface area contributed by atoms with E-state index in [0.717, 1.165) is 0 Å². The van der Waals surface area contributed by atoms with E-state index in [1.165, 1.54) is 23.1 Å². The SMILES string of the molecule is CC1(C)CC(CC(F)CNc2cccc(S(N)(=O)=O)n2)CN1C(=O)O. The number of nitrogens with two attached hydrogens (primary N) is 1. The van der Waals surface area contributed by atoms with Crippen molar-refractivity contribution in [1.29, 1.82) is 0 Å². The number of amides is 1. The third-order valence-electron chi connectivity index (χ3n) is 4.30. The van der Waals surface area contributed by atoms with Crippen LogP contribution in [-0.4, -0.2) is 54.3 Å². The molecule has 1 aromatic heterocycles. The molecule has 140 valence electrons. The minimum Gasteiger partial charge on any atom is -0.465 e. The van der Waals surface area contributed by atoms with Gasteiger partial charge in [-0.3, -0.25) is 0 Å². The van der Waals surface area contributed by atoms with Gasteiger partial charge >= 0.3 is 6.09 Å². The molecule has 2 unspecified atom stereocenters. The molecule has 0 radical (unpaired) electrons. The number of hydrogen-bond acceptors (Lipinski definition) is 5. The van der Waals surface area contributed by atoms with E-state index in [4.69, 9.17) is 5.14 Å². The van der Waals surface area contributed by atoms with Crippen LogP contribution in [0.3, 0.4) is 0 Å². The number of carboxylic acid groups (broad SMARTS) is 1. The van der Waals surface area contributed by atoms with Crippen LogP contribution in [0.2, 0.25) is 0 Å². The predicted molar refractivity (Wildman–Crippen MR) is 90.5 cm³/mol. The number of rotatable bonds is 6. The molecule has 25 heavy (non-hydrogen) atoms. The molecule has 4 N–H and O–H groups in total. The first kappa shape index (κ1) is 19.4. The Morgan fingerprint density at radius 2 is 2.24 bits per heavy atom. The van der Waals surface area contributed by atoms with Gasteiger partial charge < -0.3 is 15.3 Å². The number of pyridine rings is 1. The Kier molecular flexibility index (Phi) is 5.52. The fourth-order valence-electron chi connectivity index (χ4n) is 3.21. The summed E-state index contributed by atoms with van der Waals surface area (Å²) in [5.74, 6) is 0.153. The maximum atomic E-state index is 14.3. The van der Waals surface area contributed by atoms with E-state index in [0.29, 0.717) is 13.0 Å². The number of halogens is 1. The number of sulfonamides is 1. The largest absolute Gasteiger partial charge is 0.465 e. The third kappa shape index (κ3) is 5.02. The summed E-state index contributed by atoms with van der Waals surface area (Å²) in [6, 6.07) is 4.24. The van der Waals surface area contributed by atoms with E-state index in [1.807, 2.05) is 13.8 Å². The van der Waals surface area contributed by atoms with Crippen LogP contribution in [-0.2, 0) is 10.0 Å². The van der Waals surface area contributed by atoms with Crippen molar-refractivity contribution >= 4 is 21.9 Å². The number of aromatic nitrogens is 1. The van der Waals surface area contributed by atoms with Crippen molar-refractivity contribution in [3.8, 4) is 0 Å². The topological polar surface area (TPSA) is 126 Å². The molecule has 1 aromatic rings. The molecule has 1 amide bonds. The Hall–Kier alpha value is -1.94. The summed E-state index contributed by atoms with van der Waals surface area (Å²) in [5, 5.41) is 16.7. The van der Waals surface area contributed by atoms with Gasteiger partial charge in [-0.05, 0) is 44.7 Å². The fraction of sp³-hybridized carbons (Fsp3) is 0.600. The quantitative estimate of drug-likeness (QED) is 0.695. The van der Waals surface area contributed by atoms with E-state index in [1.54, 1.807) is 0 Å². The Balaban J connectivity index is 1.90. The highest BCUT2D eigenvalue weighted by Crippen LogP contribution is 2.35. The average molecular weight is 374 g/mol. The Labute approximate surface area is 146 Å². The molecule has 8 nitrogen and oxygen atoms in total. The minimum absolute atomic E-state index is 0.0505. The molecule has 2 heterocycles. The van der Waals surface area contributed by atoms with Crippen molar-refractivity contribution in [1.82, 2.24) is 9.88 Å². The number of hydrogen-bond donors (Lipinski definition) is 3. The van der Waals surface area contributed by atoms with Gasteiger partial charge in [0.1, 0.15) is 12.0 Å². The third-order valence-corrected chi connectivity index (χ3v) is 5.11. The zero-order valence-corrected chi connectivity index (χ0v) is 15.0. The second-order valence-electron chi connectivity index (χ2n) is 6.90. The first-order chi connectivity index (χ1) is 11.5. The van der Waals surface area contributed by atoms with Gasteiger partial charge in [0.15, 0.2) is 5.03 Å². The molecule has 0 aromatic carbocycles. The molecule has 0 bridgehead atoms. The van der Waals surface area contributed by atoms with Gasteiger partial charge in [-0.15, -0.1) is 0 Å². The molecular formula is C15H23FN4O4S. The number of primary sulfonamides is 1. The molecule has 1 aliphatic heterocycles. The predicted octanol–water partition coefficient (Wildman–Crippen LogP) is 1.65. The monoisotopic (exact) mass is 374 g/mol. The highest BCUT2D eigenvalue weighted by Gasteiger charge is 2.41. The van der Waals surface area contributed by atoms with E-state index >= 15 is 0 Å². The van der Waals surface area contributed by atoms with Crippen LogP contribution in [0.1, 0.15) is 26.7 Å². The summed E-state index contributed by atoms with van der Waals surface area (Å²) in [6.45, 7) is 3.91. The van der Waals surface area contributed by atoms with Crippen LogP contribution in [0.15, 0.2) is 23.2 Å². The molecule has 1 saturated heterocycles. The normalized spacial score (nSPS) is 21.1. The molecular weight excluding hydrogens is 351 g/mol. The molecule has 1 aliphatic rings. The van der Waals surface area contributed by atoms with Crippen molar-refractivity contribution in [2.45, 2.75) is 43.4 Å². The van der Waals surface area contributed by atoms with E-state index < -0.39 is 27.8 Å². The Morgan fingerprint density at radius 1 is 1.56 bits per heavy atom. The van der Waals surface area contributed by atoms with Crippen molar-refractivity contribution in [2.75, 3.05) is 18.4 Å². The first-order valence-electron chi connectivity index (χ1n) is 7.87. The minimum atomic E-state index is -3.92. The molecule has 1 fully saturated rings. The average Bonchev–Trinajstić information content (AvgIpc) is 2.79. The summed E-state index contributed by atoms with van der Waals surface area (Å²) in [7, 11) is -3.92. The van der Waals surface area contributed by atoms with Crippen LogP contribution >= 0.6 is 0 Å². The molecule has 0 spiro atoms. The standard InChI is InChI=1S/C15H23FN4O4S/c1-15(2)7-10(9-20(15)14(21)22)6-11(16)8-18-12-4-3-5-13(19-12)25(17,23)24/h3-5,10-11H,6-9H2,1-2H3,(H,18,19)(H,21,22)(H2,17,23,24). The van der Waals surface area contributed by atoms with Crippen LogP contribution < -0.4 is 10.5 Å². The number of carbonyl (C=O) groups is 1. The van der Waals surface area contributed by atoms with Crippen LogP contribution in [0.4, 0.5) is 15.0 Å². The second kappa shape index (κ2) is 7.12. The van der Waals surface area contributed by atoms with E-state index in [2.05, 4.69) is 10.3 Å². The maximum absolute atomic E-state index is 14.3. The number of nitrogens with zero attached hydrogens (tertiary/aromatic N) is 2. The maximum Gasteiger partial charge on any atom is 0.407 e. The summed E-state index contributed by atoms with van der Waals surface area (Å²) in [6.07, 6.45) is -1.40. The molecule has 2 rings (SSSR count). The van der Waals surface area contributed by atoms with Crippen molar-refractivity contribution in [3.63, 3.8) is 0 Å². The lowest BCUT2D eigenvalue weighted by molar-refractivity contribution is 0.116. The molecule has 0 saturated carbocycles. The number of nitrogens with one attached hydrogen (secondary N) is 1. The highest BCUT2D eigenvalue weighted by atomic mass is 32.2. The van der Waals surface area contributed by atoms with Crippen LogP contribution in [0, 0.1) is 5.92 Å². The number of alkyl halides is 1. The first-order valence-corrected chi connectivity index (χ1v) is 9.42. The van der Waals surface area contributed by atoms with Gasteiger partial charge in [-0.25, -0.2) is 27.7 Å². The van der Waals surface area contributed by atoms with E-state index in [9.17, 15) is 22.7 Å². The van der Waals surface area contributed by atoms with Gasteiger partial charge in [0, 0.05) is 18.6 Å². The summed E-state index contributed by atoms with van der Waals surface area (Å²) in [4.78, 5) is 16.4. The van der Waals surface area contributed by atoms with Crippen molar-refractivity contribution in [3.05, 3.63) is 18.2 Å². The molecule has 2 atom stereocenters. The fourth-order valence-corrected chi connectivity index (χ4v) is 3.71. The van der Waals surface area contributed by atoms with Gasteiger partial charge in [-0.2, -0.15) is 0 Å². The Morgan fingerprint density at radius 3 is 2.80 bits per heavy atom. The smallest absolute Gasteiger partial charge is 0.407 e. The molecule has 10 heteroatoms. The molecule has 0 aliphatic carbocycles.